The van der Waals surface area contributed by atoms with E-state index in [2.05, 4.69) is 5.32 Å². The second-order valence-electron chi connectivity index (χ2n) is 2.64. The highest BCUT2D eigenvalue weighted by molar-refractivity contribution is 4.81. The highest BCUT2D eigenvalue weighted by Gasteiger charge is 2.25. The monoisotopic (exact) mass is 129 g/mol. The summed E-state index contributed by atoms with van der Waals surface area (Å²) in [7, 11) is 0. The number of hydrogen-bond acceptors (Lipinski definition) is 3. The lowest BCUT2D eigenvalue weighted by Gasteiger charge is -2.35. The summed E-state index contributed by atoms with van der Waals surface area (Å²) in [4.78, 5) is 0. The number of hydrogen-bond donors (Lipinski definition) is 1. The molecule has 0 saturated carbocycles. The molecule has 2 rings (SSSR count). The molecular weight excluding hydrogens is 118 g/mol. The second kappa shape index (κ2) is 2.25. The van der Waals surface area contributed by atoms with E-state index in [-0.39, 0.29) is 0 Å². The number of morpholine rings is 2. The highest BCUT2D eigenvalue weighted by atomic mass is 16.5. The molecule has 0 unspecified atom stereocenters. The predicted molar refractivity (Wildman–Crippen MR) is 32.3 cm³/mol. The first kappa shape index (κ1) is 5.65. The molecule has 2 fully saturated rings. The minimum atomic E-state index is 0.456. The van der Waals surface area contributed by atoms with E-state index in [0.717, 1.165) is 26.4 Å². The van der Waals surface area contributed by atoms with Crippen LogP contribution in [0.15, 0.2) is 0 Å². The Balaban J connectivity index is 1.96. The maximum Gasteiger partial charge on any atom is 0.0643 e. The lowest BCUT2D eigenvalue weighted by Crippen LogP contribution is -2.56. The maximum atomic E-state index is 5.29. The van der Waals surface area contributed by atoms with Gasteiger partial charge in [-0.05, 0) is 0 Å². The van der Waals surface area contributed by atoms with E-state index in [1.165, 1.54) is 0 Å². The first-order valence-electron chi connectivity index (χ1n) is 3.37. The van der Waals surface area contributed by atoms with E-state index in [1.807, 2.05) is 0 Å². The zero-order valence-electron chi connectivity index (χ0n) is 5.30. The molecule has 0 atom stereocenters. The first-order valence-corrected chi connectivity index (χ1v) is 3.37. The second-order valence-corrected chi connectivity index (χ2v) is 2.64. The van der Waals surface area contributed by atoms with Crippen molar-refractivity contribution < 1.29 is 9.47 Å². The summed E-state index contributed by atoms with van der Waals surface area (Å²) in [5.74, 6) is 0. The van der Waals surface area contributed by atoms with Crippen LogP contribution >= 0.6 is 0 Å². The lowest BCUT2D eigenvalue weighted by atomic mass is 10.2. The van der Waals surface area contributed by atoms with Gasteiger partial charge < -0.3 is 14.8 Å². The van der Waals surface area contributed by atoms with E-state index in [0.29, 0.717) is 12.1 Å². The number of rotatable bonds is 0. The van der Waals surface area contributed by atoms with E-state index in [9.17, 15) is 0 Å². The van der Waals surface area contributed by atoms with Crippen LogP contribution in [0.1, 0.15) is 0 Å². The van der Waals surface area contributed by atoms with Gasteiger partial charge in [0.05, 0.1) is 38.5 Å². The van der Waals surface area contributed by atoms with Crippen molar-refractivity contribution in [1.29, 1.82) is 0 Å². The Morgan fingerprint density at radius 2 is 1.33 bits per heavy atom. The third-order valence-corrected chi connectivity index (χ3v) is 1.75. The standard InChI is InChI=1S/C6H11NO2/c1-5-2-9-4-6(7-5)3-8-1/h5-7H,1-4H2. The summed E-state index contributed by atoms with van der Waals surface area (Å²) >= 11 is 0. The van der Waals surface area contributed by atoms with E-state index >= 15 is 0 Å². The summed E-state index contributed by atoms with van der Waals surface area (Å²) in [5.41, 5.74) is 0. The molecule has 2 aliphatic rings. The van der Waals surface area contributed by atoms with Gasteiger partial charge in [0.15, 0.2) is 0 Å². The summed E-state index contributed by atoms with van der Waals surface area (Å²) in [6.07, 6.45) is 0. The van der Waals surface area contributed by atoms with Crippen molar-refractivity contribution in [3.8, 4) is 0 Å². The molecule has 3 heteroatoms. The Hall–Kier alpha value is -0.120. The van der Waals surface area contributed by atoms with Gasteiger partial charge in [-0.25, -0.2) is 0 Å². The van der Waals surface area contributed by atoms with Crippen LogP contribution in [0, 0.1) is 0 Å². The van der Waals surface area contributed by atoms with Crippen molar-refractivity contribution in [3.05, 3.63) is 0 Å². The fourth-order valence-corrected chi connectivity index (χ4v) is 1.33. The van der Waals surface area contributed by atoms with Crippen LogP contribution in [0.2, 0.25) is 0 Å². The topological polar surface area (TPSA) is 30.5 Å². The van der Waals surface area contributed by atoms with Gasteiger partial charge >= 0.3 is 0 Å². The molecule has 0 spiro atoms. The number of nitrogens with one attached hydrogen (secondary N) is 1. The average Bonchev–Trinajstić information content (AvgIpc) is 1.88. The van der Waals surface area contributed by atoms with Gasteiger partial charge in [0, 0.05) is 0 Å². The smallest absolute Gasteiger partial charge is 0.0643 e. The molecule has 0 aromatic carbocycles. The summed E-state index contributed by atoms with van der Waals surface area (Å²) in [6, 6.07) is 0.912. The van der Waals surface area contributed by atoms with Gasteiger partial charge in [0.2, 0.25) is 0 Å². The summed E-state index contributed by atoms with van der Waals surface area (Å²) in [5, 5.41) is 3.40. The minimum absolute atomic E-state index is 0.456. The molecule has 0 aromatic heterocycles. The van der Waals surface area contributed by atoms with Crippen molar-refractivity contribution in [2.24, 2.45) is 0 Å². The van der Waals surface area contributed by atoms with Crippen LogP contribution in [0.3, 0.4) is 0 Å². The normalized spacial score (nSPS) is 42.7. The SMILES string of the molecule is C1OCC2COCC1N2. The van der Waals surface area contributed by atoms with Gasteiger partial charge in [-0.3, -0.25) is 0 Å². The molecule has 9 heavy (non-hydrogen) atoms. The minimum Gasteiger partial charge on any atom is -0.378 e. The molecule has 0 aromatic rings. The largest absolute Gasteiger partial charge is 0.378 e. The van der Waals surface area contributed by atoms with Gasteiger partial charge in [-0.2, -0.15) is 0 Å². The fraction of sp³-hybridized carbons (Fsp3) is 1.00. The lowest BCUT2D eigenvalue weighted by molar-refractivity contribution is -0.0556. The van der Waals surface area contributed by atoms with Crippen molar-refractivity contribution in [3.63, 3.8) is 0 Å². The Morgan fingerprint density at radius 3 is 1.67 bits per heavy atom. The molecular formula is C6H11NO2. The van der Waals surface area contributed by atoms with Gasteiger partial charge in [0.25, 0.3) is 0 Å². The quantitative estimate of drug-likeness (QED) is 0.472. The Morgan fingerprint density at radius 1 is 0.889 bits per heavy atom. The number of ether oxygens (including phenoxy) is 2. The third-order valence-electron chi connectivity index (χ3n) is 1.75. The van der Waals surface area contributed by atoms with Gasteiger partial charge in [-0.15, -0.1) is 0 Å². The maximum absolute atomic E-state index is 5.29. The summed E-state index contributed by atoms with van der Waals surface area (Å²) in [6.45, 7) is 3.26. The summed E-state index contributed by atoms with van der Waals surface area (Å²) < 4.78 is 10.6. The highest BCUT2D eigenvalue weighted by Crippen LogP contribution is 2.05. The molecule has 2 bridgehead atoms. The van der Waals surface area contributed by atoms with Crippen molar-refractivity contribution >= 4 is 0 Å². The van der Waals surface area contributed by atoms with Crippen LogP contribution in [-0.4, -0.2) is 38.5 Å². The Bertz CT molecular complexity index is 87.2. The molecule has 52 valence electrons. The molecule has 3 nitrogen and oxygen atoms in total. The van der Waals surface area contributed by atoms with Gasteiger partial charge in [0.1, 0.15) is 0 Å². The molecule has 2 saturated heterocycles. The van der Waals surface area contributed by atoms with E-state index < -0.39 is 0 Å². The molecule has 0 amide bonds. The molecule has 0 aliphatic carbocycles. The van der Waals surface area contributed by atoms with Crippen molar-refractivity contribution in [2.45, 2.75) is 12.1 Å². The Labute approximate surface area is 54.3 Å². The van der Waals surface area contributed by atoms with Crippen LogP contribution in [0.25, 0.3) is 0 Å². The molecule has 1 N–H and O–H groups in total. The molecule has 2 aliphatic heterocycles. The first-order chi connectivity index (χ1) is 4.45. The van der Waals surface area contributed by atoms with Crippen LogP contribution in [-0.2, 0) is 9.47 Å². The average molecular weight is 129 g/mol. The molecule has 0 radical (unpaired) electrons. The molecule has 2 heterocycles. The zero-order valence-corrected chi connectivity index (χ0v) is 5.30. The van der Waals surface area contributed by atoms with Crippen molar-refractivity contribution in [1.82, 2.24) is 5.32 Å². The van der Waals surface area contributed by atoms with Crippen LogP contribution < -0.4 is 5.32 Å². The van der Waals surface area contributed by atoms with Gasteiger partial charge in [-0.1, -0.05) is 0 Å². The predicted octanol–water partition coefficient (Wildman–Crippen LogP) is -0.626. The Kier molecular flexibility index (Phi) is 1.41. The zero-order chi connectivity index (χ0) is 6.10. The van der Waals surface area contributed by atoms with E-state index in [1.54, 1.807) is 0 Å². The van der Waals surface area contributed by atoms with Crippen molar-refractivity contribution in [2.75, 3.05) is 26.4 Å². The van der Waals surface area contributed by atoms with E-state index in [4.69, 9.17) is 9.47 Å². The third kappa shape index (κ3) is 1.08. The van der Waals surface area contributed by atoms with Crippen LogP contribution in [0.4, 0.5) is 0 Å². The fourth-order valence-electron chi connectivity index (χ4n) is 1.33. The number of fused-ring (bicyclic) bond motifs is 2. The van der Waals surface area contributed by atoms with Crippen LogP contribution in [0.5, 0.6) is 0 Å².